The van der Waals surface area contributed by atoms with Crippen molar-refractivity contribution in [2.75, 3.05) is 6.54 Å². The molecule has 2 N–H and O–H groups in total. The molecule has 1 aliphatic rings. The maximum atomic E-state index is 10.3. The molecular weight excluding hydrogens is 196 g/mol. The number of hydrogen-bond donors (Lipinski definition) is 2. The Morgan fingerprint density at radius 3 is 2.27 bits per heavy atom. The first-order chi connectivity index (χ1) is 7.10. The summed E-state index contributed by atoms with van der Waals surface area (Å²) in [6.45, 7) is 6.05. The Morgan fingerprint density at radius 1 is 1.47 bits per heavy atom. The third kappa shape index (κ3) is 7.18. The minimum Gasteiger partial charge on any atom is -0.353 e. The Kier molecular flexibility index (Phi) is 6.54. The maximum absolute atomic E-state index is 10.3. The summed E-state index contributed by atoms with van der Waals surface area (Å²) < 4.78 is 0. The van der Waals surface area contributed by atoms with Gasteiger partial charge in [-0.3, -0.25) is 19.7 Å². The number of amides is 3. The molecule has 0 saturated carbocycles. The van der Waals surface area contributed by atoms with Crippen LogP contribution in [0.5, 0.6) is 0 Å². The summed E-state index contributed by atoms with van der Waals surface area (Å²) in [5.74, 6) is -0.748. The molecule has 0 atom stereocenters. The van der Waals surface area contributed by atoms with Crippen molar-refractivity contribution in [3.63, 3.8) is 0 Å². The zero-order valence-electron chi connectivity index (χ0n) is 8.58. The van der Waals surface area contributed by atoms with E-state index in [-0.39, 0.29) is 17.7 Å². The second-order valence-electron chi connectivity index (χ2n) is 2.68. The third-order valence-electron chi connectivity index (χ3n) is 1.37. The fourth-order valence-electron chi connectivity index (χ4n) is 0.677. The number of carbonyl (C=O) groups is 3. The van der Waals surface area contributed by atoms with E-state index in [0.717, 1.165) is 13.0 Å². The van der Waals surface area contributed by atoms with Crippen molar-refractivity contribution in [3.8, 4) is 0 Å². The second kappa shape index (κ2) is 7.49. The summed E-state index contributed by atoms with van der Waals surface area (Å²) >= 11 is 0. The monoisotopic (exact) mass is 210 g/mol. The van der Waals surface area contributed by atoms with Crippen molar-refractivity contribution < 1.29 is 14.4 Å². The Labute approximate surface area is 88.2 Å². The lowest BCUT2D eigenvalue weighted by molar-refractivity contribution is -0.123. The van der Waals surface area contributed by atoms with Crippen LogP contribution in [0, 0.1) is 0 Å². The van der Waals surface area contributed by atoms with E-state index in [9.17, 15) is 14.4 Å². The first-order valence-corrected chi connectivity index (χ1v) is 4.53. The highest BCUT2D eigenvalue weighted by Gasteiger charge is 2.06. The molecule has 1 heterocycles. The molecule has 0 fully saturated rings. The van der Waals surface area contributed by atoms with E-state index in [0.29, 0.717) is 0 Å². The Hall–Kier alpha value is -1.91. The Balaban J connectivity index is 0.000000262. The molecule has 0 unspecified atom stereocenters. The van der Waals surface area contributed by atoms with Gasteiger partial charge in [0.15, 0.2) is 0 Å². The number of carbonyl (C=O) groups excluding carboxylic acids is 3. The van der Waals surface area contributed by atoms with Gasteiger partial charge in [-0.25, -0.2) is 0 Å². The van der Waals surface area contributed by atoms with Crippen LogP contribution in [0.1, 0.15) is 13.3 Å². The number of rotatable bonds is 3. The molecule has 1 aliphatic heterocycles. The number of imide groups is 1. The van der Waals surface area contributed by atoms with Crippen LogP contribution >= 0.6 is 0 Å². The van der Waals surface area contributed by atoms with Gasteiger partial charge >= 0.3 is 0 Å². The molecule has 0 aromatic rings. The Morgan fingerprint density at radius 2 is 2.00 bits per heavy atom. The lowest BCUT2D eigenvalue weighted by atomic mass is 10.4. The molecule has 5 nitrogen and oxygen atoms in total. The average molecular weight is 210 g/mol. The van der Waals surface area contributed by atoms with Crippen molar-refractivity contribution in [1.82, 2.24) is 10.6 Å². The first kappa shape index (κ1) is 13.1. The maximum Gasteiger partial charge on any atom is 0.250 e. The van der Waals surface area contributed by atoms with Gasteiger partial charge in [0.05, 0.1) is 0 Å². The molecule has 0 saturated heterocycles. The van der Waals surface area contributed by atoms with Gasteiger partial charge in [-0.2, -0.15) is 0 Å². The van der Waals surface area contributed by atoms with Crippen LogP contribution in [-0.4, -0.2) is 24.3 Å². The molecule has 0 spiro atoms. The molecule has 82 valence electrons. The smallest absolute Gasteiger partial charge is 0.250 e. The van der Waals surface area contributed by atoms with E-state index in [1.165, 1.54) is 18.2 Å². The van der Waals surface area contributed by atoms with Crippen LogP contribution < -0.4 is 10.6 Å². The molecule has 5 heteroatoms. The molecule has 3 amide bonds. The highest BCUT2D eigenvalue weighted by Crippen LogP contribution is 1.82. The van der Waals surface area contributed by atoms with Crippen LogP contribution in [-0.2, 0) is 14.4 Å². The van der Waals surface area contributed by atoms with Crippen molar-refractivity contribution in [2.45, 2.75) is 13.3 Å². The van der Waals surface area contributed by atoms with Gasteiger partial charge in [0.1, 0.15) is 0 Å². The molecule has 0 aromatic carbocycles. The fraction of sp³-hybridized carbons (Fsp3) is 0.300. The Bertz CT molecular complexity index is 279. The molecule has 0 bridgehead atoms. The predicted molar refractivity (Wildman–Crippen MR) is 55.8 cm³/mol. The minimum absolute atomic E-state index is 0.0909. The van der Waals surface area contributed by atoms with E-state index in [2.05, 4.69) is 11.9 Å². The zero-order chi connectivity index (χ0) is 11.7. The van der Waals surface area contributed by atoms with Crippen LogP contribution in [0.2, 0.25) is 0 Å². The van der Waals surface area contributed by atoms with E-state index in [4.69, 9.17) is 0 Å². The van der Waals surface area contributed by atoms with Crippen LogP contribution in [0.3, 0.4) is 0 Å². The van der Waals surface area contributed by atoms with Crippen molar-refractivity contribution in [1.29, 1.82) is 0 Å². The summed E-state index contributed by atoms with van der Waals surface area (Å²) in [6, 6.07) is 0. The number of hydrogen-bond acceptors (Lipinski definition) is 3. The quantitative estimate of drug-likeness (QED) is 0.504. The molecular formula is C10H14N2O3. The molecule has 0 aliphatic carbocycles. The van der Waals surface area contributed by atoms with E-state index in [1.54, 1.807) is 0 Å². The third-order valence-corrected chi connectivity index (χ3v) is 1.37. The highest BCUT2D eigenvalue weighted by molar-refractivity contribution is 6.12. The standard InChI is InChI=1S/C6H11NO.C4H3NO2/c1-3-5-7-6(8)4-2;6-3-1-2-4(7)5-3/h4H,2-3,5H2,1H3,(H,7,8);1-2H,(H,5,6,7). The predicted octanol–water partition coefficient (Wildman–Crippen LogP) is -0.102. The lowest BCUT2D eigenvalue weighted by Crippen LogP contribution is -2.20. The summed E-state index contributed by atoms with van der Waals surface area (Å²) in [4.78, 5) is 30.4. The van der Waals surface area contributed by atoms with E-state index in [1.807, 2.05) is 12.2 Å². The van der Waals surface area contributed by atoms with Gasteiger partial charge in [-0.1, -0.05) is 13.5 Å². The van der Waals surface area contributed by atoms with Gasteiger partial charge in [0, 0.05) is 18.7 Å². The van der Waals surface area contributed by atoms with Gasteiger partial charge in [0.2, 0.25) is 5.91 Å². The normalized spacial score (nSPS) is 12.6. The largest absolute Gasteiger partial charge is 0.353 e. The van der Waals surface area contributed by atoms with Gasteiger partial charge in [0.25, 0.3) is 11.8 Å². The SMILES string of the molecule is C=CC(=O)NCCC.O=C1C=CC(=O)N1. The summed E-state index contributed by atoms with van der Waals surface area (Å²) in [5, 5.41) is 4.65. The molecule has 0 radical (unpaired) electrons. The topological polar surface area (TPSA) is 75.3 Å². The van der Waals surface area contributed by atoms with E-state index < -0.39 is 0 Å². The van der Waals surface area contributed by atoms with Crippen LogP contribution in [0.4, 0.5) is 0 Å². The van der Waals surface area contributed by atoms with Crippen molar-refractivity contribution >= 4 is 17.7 Å². The molecule has 15 heavy (non-hydrogen) atoms. The highest BCUT2D eigenvalue weighted by atomic mass is 16.2. The van der Waals surface area contributed by atoms with Crippen molar-refractivity contribution in [2.24, 2.45) is 0 Å². The van der Waals surface area contributed by atoms with Crippen LogP contribution in [0.15, 0.2) is 24.8 Å². The molecule has 0 aromatic heterocycles. The molecule has 1 rings (SSSR count). The van der Waals surface area contributed by atoms with Crippen LogP contribution in [0.25, 0.3) is 0 Å². The average Bonchev–Trinajstić information content (AvgIpc) is 2.59. The fourth-order valence-corrected chi connectivity index (χ4v) is 0.677. The second-order valence-corrected chi connectivity index (χ2v) is 2.68. The summed E-state index contributed by atoms with van der Waals surface area (Å²) in [5.41, 5.74) is 0. The zero-order valence-corrected chi connectivity index (χ0v) is 8.58. The van der Waals surface area contributed by atoms with Gasteiger partial charge in [-0.05, 0) is 12.5 Å². The summed E-state index contributed by atoms with van der Waals surface area (Å²) in [7, 11) is 0. The first-order valence-electron chi connectivity index (χ1n) is 4.53. The van der Waals surface area contributed by atoms with Crippen molar-refractivity contribution in [3.05, 3.63) is 24.8 Å². The minimum atomic E-state index is -0.329. The lowest BCUT2D eigenvalue weighted by Gasteiger charge is -1.94. The van der Waals surface area contributed by atoms with Gasteiger partial charge in [-0.15, -0.1) is 0 Å². The number of nitrogens with one attached hydrogen (secondary N) is 2. The van der Waals surface area contributed by atoms with Gasteiger partial charge < -0.3 is 5.32 Å². The summed E-state index contributed by atoms with van der Waals surface area (Å²) in [6.07, 6.45) is 4.64. The van der Waals surface area contributed by atoms with E-state index >= 15 is 0 Å².